The van der Waals surface area contributed by atoms with Gasteiger partial charge in [-0.15, -0.1) is 5.06 Å². The lowest BCUT2D eigenvalue weighted by Gasteiger charge is -2.14. The molecule has 0 radical (unpaired) electrons. The van der Waals surface area contributed by atoms with Gasteiger partial charge in [-0.05, 0) is 12.1 Å². The van der Waals surface area contributed by atoms with E-state index in [0.717, 1.165) is 0 Å². The van der Waals surface area contributed by atoms with E-state index in [2.05, 4.69) is 5.32 Å². The molecule has 94 valence electrons. The van der Waals surface area contributed by atoms with Crippen molar-refractivity contribution in [3.63, 3.8) is 0 Å². The molecule has 0 aromatic heterocycles. The van der Waals surface area contributed by atoms with Crippen molar-refractivity contribution in [1.29, 1.82) is 0 Å². The van der Waals surface area contributed by atoms with Crippen molar-refractivity contribution in [3.8, 4) is 0 Å². The van der Waals surface area contributed by atoms with Crippen molar-refractivity contribution >= 4 is 23.5 Å². The minimum Gasteiger partial charge on any atom is -0.387 e. The number of amides is 2. The molecule has 6 heteroatoms. The van der Waals surface area contributed by atoms with Crippen molar-refractivity contribution in [2.24, 2.45) is 0 Å². The van der Waals surface area contributed by atoms with Crippen LogP contribution in [0.5, 0.6) is 0 Å². The van der Waals surface area contributed by atoms with E-state index in [1.165, 1.54) is 0 Å². The smallest absolute Gasteiger partial charge is 0.366 e. The molecule has 2 rings (SSSR count). The predicted octanol–water partition coefficient (Wildman–Crippen LogP) is 0.949. The zero-order chi connectivity index (χ0) is 13.1. The normalized spacial score (nSPS) is 14.8. The number of hydroxylamine groups is 2. The summed E-state index contributed by atoms with van der Waals surface area (Å²) in [6.45, 7) is 0. The Morgan fingerprint density at radius 1 is 1.22 bits per heavy atom. The van der Waals surface area contributed by atoms with Crippen LogP contribution >= 0.6 is 0 Å². The second kappa shape index (κ2) is 4.87. The number of imide groups is 1. The Hall–Kier alpha value is -2.37. The largest absolute Gasteiger partial charge is 0.387 e. The van der Waals surface area contributed by atoms with Crippen molar-refractivity contribution < 1.29 is 19.2 Å². The lowest BCUT2D eigenvalue weighted by Crippen LogP contribution is -2.32. The number of hydrogen-bond donors (Lipinski definition) is 1. The topological polar surface area (TPSA) is 75.7 Å². The summed E-state index contributed by atoms with van der Waals surface area (Å²) in [5, 5.41) is 3.37. The third-order valence-corrected chi connectivity index (χ3v) is 2.60. The summed E-state index contributed by atoms with van der Waals surface area (Å²) in [5.74, 6) is -1.71. The van der Waals surface area contributed by atoms with Crippen LogP contribution < -0.4 is 5.32 Å². The summed E-state index contributed by atoms with van der Waals surface area (Å²) in [6, 6.07) is 6.68. The third kappa shape index (κ3) is 2.17. The quantitative estimate of drug-likeness (QED) is 0.806. The average molecular weight is 248 g/mol. The van der Waals surface area contributed by atoms with Gasteiger partial charge in [0.15, 0.2) is 0 Å². The zero-order valence-corrected chi connectivity index (χ0v) is 9.80. The maximum absolute atomic E-state index is 11.9. The number of benzene rings is 1. The highest BCUT2D eigenvalue weighted by Gasteiger charge is 2.33. The standard InChI is InChI=1S/C12H12N2O4/c1-13-9-5-3-2-4-8(9)12(17)18-14-10(15)6-7-11(14)16/h2-5,13H,6-7H2,1H3. The molecule has 0 aliphatic carbocycles. The Kier molecular flexibility index (Phi) is 3.27. The molecule has 0 spiro atoms. The first-order chi connectivity index (χ1) is 8.63. The molecule has 0 saturated carbocycles. The van der Waals surface area contributed by atoms with E-state index in [1.807, 2.05) is 0 Å². The van der Waals surface area contributed by atoms with Gasteiger partial charge in [-0.1, -0.05) is 12.1 Å². The number of carbonyl (C=O) groups excluding carboxylic acids is 3. The molecule has 1 aromatic rings. The maximum Gasteiger partial charge on any atom is 0.366 e. The van der Waals surface area contributed by atoms with Crippen LogP contribution in [-0.4, -0.2) is 29.9 Å². The van der Waals surface area contributed by atoms with Crippen molar-refractivity contribution in [2.75, 3.05) is 12.4 Å². The van der Waals surface area contributed by atoms with Crippen molar-refractivity contribution in [1.82, 2.24) is 5.06 Å². The molecule has 1 fully saturated rings. The SMILES string of the molecule is CNc1ccccc1C(=O)ON1C(=O)CCC1=O. The second-order valence-electron chi connectivity index (χ2n) is 3.76. The van der Waals surface area contributed by atoms with Crippen LogP contribution in [0.1, 0.15) is 23.2 Å². The molecule has 6 nitrogen and oxygen atoms in total. The molecular weight excluding hydrogens is 236 g/mol. The molecule has 1 aromatic carbocycles. The first kappa shape index (κ1) is 12.1. The van der Waals surface area contributed by atoms with Gasteiger partial charge in [-0.25, -0.2) is 4.79 Å². The minimum absolute atomic E-state index is 0.0831. The fourth-order valence-corrected chi connectivity index (χ4v) is 1.67. The number of carbonyl (C=O) groups is 3. The molecule has 1 heterocycles. The molecule has 18 heavy (non-hydrogen) atoms. The van der Waals surface area contributed by atoms with E-state index >= 15 is 0 Å². The predicted molar refractivity (Wildman–Crippen MR) is 62.5 cm³/mol. The Bertz CT molecular complexity index is 497. The lowest BCUT2D eigenvalue weighted by atomic mass is 10.2. The van der Waals surface area contributed by atoms with E-state index in [-0.39, 0.29) is 18.4 Å². The van der Waals surface area contributed by atoms with Gasteiger partial charge in [0.1, 0.15) is 0 Å². The Labute approximate surface area is 103 Å². The molecule has 1 aliphatic rings. The number of nitrogens with zero attached hydrogens (tertiary/aromatic N) is 1. The van der Waals surface area contributed by atoms with E-state index in [9.17, 15) is 14.4 Å². The van der Waals surface area contributed by atoms with Gasteiger partial charge in [0.05, 0.1) is 5.56 Å². The average Bonchev–Trinajstić information content (AvgIpc) is 2.70. The fraction of sp³-hybridized carbons (Fsp3) is 0.250. The molecule has 1 saturated heterocycles. The van der Waals surface area contributed by atoms with Gasteiger partial charge in [0, 0.05) is 25.6 Å². The Balaban J connectivity index is 2.17. The van der Waals surface area contributed by atoms with Crippen LogP contribution in [-0.2, 0) is 14.4 Å². The summed E-state index contributed by atoms with van der Waals surface area (Å²) < 4.78 is 0. The summed E-state index contributed by atoms with van der Waals surface area (Å²) in [4.78, 5) is 39.3. The van der Waals surface area contributed by atoms with E-state index < -0.39 is 17.8 Å². The summed E-state index contributed by atoms with van der Waals surface area (Å²) in [7, 11) is 1.66. The highest BCUT2D eigenvalue weighted by atomic mass is 16.7. The number of para-hydroxylation sites is 1. The van der Waals surface area contributed by atoms with Crippen LogP contribution in [0.15, 0.2) is 24.3 Å². The van der Waals surface area contributed by atoms with E-state index in [4.69, 9.17) is 4.84 Å². The van der Waals surface area contributed by atoms with Gasteiger partial charge < -0.3 is 10.2 Å². The number of hydrogen-bond acceptors (Lipinski definition) is 5. The molecule has 1 N–H and O–H groups in total. The van der Waals surface area contributed by atoms with Gasteiger partial charge in [0.25, 0.3) is 11.8 Å². The van der Waals surface area contributed by atoms with Crippen LogP contribution in [0.3, 0.4) is 0 Å². The van der Waals surface area contributed by atoms with Crippen LogP contribution in [0.4, 0.5) is 5.69 Å². The third-order valence-electron chi connectivity index (χ3n) is 2.60. The zero-order valence-electron chi connectivity index (χ0n) is 9.80. The van der Waals surface area contributed by atoms with Gasteiger partial charge in [-0.3, -0.25) is 9.59 Å². The highest BCUT2D eigenvalue weighted by molar-refractivity contribution is 6.03. The lowest BCUT2D eigenvalue weighted by molar-refractivity contribution is -0.172. The molecule has 0 bridgehead atoms. The van der Waals surface area contributed by atoms with E-state index in [0.29, 0.717) is 10.8 Å². The van der Waals surface area contributed by atoms with Crippen molar-refractivity contribution in [2.45, 2.75) is 12.8 Å². The van der Waals surface area contributed by atoms with E-state index in [1.54, 1.807) is 31.3 Å². The minimum atomic E-state index is -0.733. The maximum atomic E-state index is 11.9. The number of rotatable bonds is 3. The summed E-state index contributed by atoms with van der Waals surface area (Å²) in [6.07, 6.45) is 0.166. The molecule has 0 atom stereocenters. The highest BCUT2D eigenvalue weighted by Crippen LogP contribution is 2.18. The fourth-order valence-electron chi connectivity index (χ4n) is 1.67. The van der Waals surface area contributed by atoms with Crippen LogP contribution in [0, 0.1) is 0 Å². The second-order valence-corrected chi connectivity index (χ2v) is 3.76. The molecule has 2 amide bonds. The molecule has 0 unspecified atom stereocenters. The first-order valence-corrected chi connectivity index (χ1v) is 5.48. The molecular formula is C12H12N2O4. The number of anilines is 1. The van der Waals surface area contributed by atoms with Gasteiger partial charge >= 0.3 is 5.97 Å². The molecule has 1 aliphatic heterocycles. The number of nitrogens with one attached hydrogen (secondary N) is 1. The Morgan fingerprint density at radius 2 is 1.83 bits per heavy atom. The van der Waals surface area contributed by atoms with Crippen LogP contribution in [0.25, 0.3) is 0 Å². The van der Waals surface area contributed by atoms with Gasteiger partial charge in [0.2, 0.25) is 0 Å². The monoisotopic (exact) mass is 248 g/mol. The summed E-state index contributed by atoms with van der Waals surface area (Å²) >= 11 is 0. The van der Waals surface area contributed by atoms with Gasteiger partial charge in [-0.2, -0.15) is 0 Å². The van der Waals surface area contributed by atoms with Crippen molar-refractivity contribution in [3.05, 3.63) is 29.8 Å². The van der Waals surface area contributed by atoms with Crippen LogP contribution in [0.2, 0.25) is 0 Å². The first-order valence-electron chi connectivity index (χ1n) is 5.48. The summed E-state index contributed by atoms with van der Waals surface area (Å²) in [5.41, 5.74) is 0.842. The Morgan fingerprint density at radius 3 is 2.44 bits per heavy atom.